The first-order chi connectivity index (χ1) is 11.6. The summed E-state index contributed by atoms with van der Waals surface area (Å²) in [5, 5.41) is 15.3. The van der Waals surface area contributed by atoms with Gasteiger partial charge in [0, 0.05) is 11.3 Å². The molecule has 8 heteroatoms. The fourth-order valence-corrected chi connectivity index (χ4v) is 3.55. The Balaban J connectivity index is 1.57. The standard InChI is InChI=1S/C16H19N5O2S/c1-11(22)12-5-4-6-13(9-12)17-15(23)10-24-16-18-19-20-21(16)14-7-2-3-8-14/h4-6,9,14H,2-3,7-8,10H2,1H3,(H,17,23). The molecule has 0 radical (unpaired) electrons. The summed E-state index contributed by atoms with van der Waals surface area (Å²) in [6.07, 6.45) is 4.56. The van der Waals surface area contributed by atoms with E-state index in [1.807, 2.05) is 4.68 Å². The van der Waals surface area contributed by atoms with Crippen molar-refractivity contribution >= 4 is 29.1 Å². The van der Waals surface area contributed by atoms with Gasteiger partial charge in [0.15, 0.2) is 5.78 Å². The summed E-state index contributed by atoms with van der Waals surface area (Å²) < 4.78 is 1.83. The molecule has 0 aliphatic heterocycles. The first kappa shape index (κ1) is 16.6. The first-order valence-electron chi connectivity index (χ1n) is 7.95. The molecule has 0 bridgehead atoms. The van der Waals surface area contributed by atoms with E-state index in [1.54, 1.807) is 24.3 Å². The van der Waals surface area contributed by atoms with Crippen molar-refractivity contribution in [2.75, 3.05) is 11.1 Å². The monoisotopic (exact) mass is 345 g/mol. The maximum atomic E-state index is 12.1. The van der Waals surface area contributed by atoms with Crippen molar-refractivity contribution in [3.05, 3.63) is 29.8 Å². The number of carbonyl (C=O) groups excluding carboxylic acids is 2. The number of carbonyl (C=O) groups is 2. The van der Waals surface area contributed by atoms with Gasteiger partial charge in [0.1, 0.15) is 0 Å². The molecule has 1 aliphatic rings. The lowest BCUT2D eigenvalue weighted by Gasteiger charge is -2.10. The zero-order valence-electron chi connectivity index (χ0n) is 13.4. The van der Waals surface area contributed by atoms with Gasteiger partial charge in [-0.25, -0.2) is 4.68 Å². The zero-order valence-corrected chi connectivity index (χ0v) is 14.3. The predicted molar refractivity (Wildman–Crippen MR) is 91.1 cm³/mol. The van der Waals surface area contributed by atoms with Gasteiger partial charge in [0.05, 0.1) is 11.8 Å². The Morgan fingerprint density at radius 3 is 2.88 bits per heavy atom. The van der Waals surface area contributed by atoms with E-state index in [4.69, 9.17) is 0 Å². The van der Waals surface area contributed by atoms with Gasteiger partial charge in [-0.15, -0.1) is 5.10 Å². The largest absolute Gasteiger partial charge is 0.325 e. The Hall–Kier alpha value is -2.22. The molecule has 2 aromatic rings. The second-order valence-electron chi connectivity index (χ2n) is 5.82. The Labute approximate surface area is 144 Å². The number of nitrogens with zero attached hydrogens (tertiary/aromatic N) is 4. The van der Waals surface area contributed by atoms with E-state index in [9.17, 15) is 9.59 Å². The van der Waals surface area contributed by atoms with Gasteiger partial charge in [-0.3, -0.25) is 9.59 Å². The van der Waals surface area contributed by atoms with Crippen LogP contribution in [0.3, 0.4) is 0 Å². The smallest absolute Gasteiger partial charge is 0.234 e. The number of rotatable bonds is 6. The van der Waals surface area contributed by atoms with E-state index >= 15 is 0 Å². The minimum absolute atomic E-state index is 0.0313. The third-order valence-electron chi connectivity index (χ3n) is 4.02. The van der Waals surface area contributed by atoms with E-state index in [0.717, 1.165) is 12.8 Å². The van der Waals surface area contributed by atoms with Crippen LogP contribution < -0.4 is 5.32 Å². The topological polar surface area (TPSA) is 89.8 Å². The van der Waals surface area contributed by atoms with Crippen LogP contribution >= 0.6 is 11.8 Å². The maximum absolute atomic E-state index is 12.1. The molecule has 1 amide bonds. The fraction of sp³-hybridized carbons (Fsp3) is 0.438. The number of hydrogen-bond donors (Lipinski definition) is 1. The summed E-state index contributed by atoms with van der Waals surface area (Å²) in [6, 6.07) is 7.26. The summed E-state index contributed by atoms with van der Waals surface area (Å²) in [4.78, 5) is 23.5. The number of Topliss-reactive ketones (excluding diaryl/α,β-unsaturated/α-hetero) is 1. The van der Waals surface area contributed by atoms with Gasteiger partial charge in [-0.2, -0.15) is 0 Å². The maximum Gasteiger partial charge on any atom is 0.234 e. The van der Waals surface area contributed by atoms with Crippen LogP contribution in [-0.2, 0) is 4.79 Å². The molecule has 1 N–H and O–H groups in total. The molecule has 1 aliphatic carbocycles. The molecule has 0 spiro atoms. The molecule has 24 heavy (non-hydrogen) atoms. The lowest BCUT2D eigenvalue weighted by Crippen LogP contribution is -2.15. The number of ketones is 1. The van der Waals surface area contributed by atoms with Crippen molar-refractivity contribution in [3.8, 4) is 0 Å². The average Bonchev–Trinajstić information content (AvgIpc) is 3.24. The number of anilines is 1. The number of thioether (sulfide) groups is 1. The van der Waals surface area contributed by atoms with Crippen LogP contribution in [-0.4, -0.2) is 37.7 Å². The van der Waals surface area contributed by atoms with Crippen molar-refractivity contribution in [2.45, 2.75) is 43.8 Å². The third kappa shape index (κ3) is 4.00. The van der Waals surface area contributed by atoms with E-state index in [2.05, 4.69) is 20.8 Å². The Morgan fingerprint density at radius 1 is 1.33 bits per heavy atom. The minimum atomic E-state index is -0.151. The lowest BCUT2D eigenvalue weighted by atomic mass is 10.1. The molecular weight excluding hydrogens is 326 g/mol. The number of tetrazole rings is 1. The highest BCUT2D eigenvalue weighted by molar-refractivity contribution is 7.99. The highest BCUT2D eigenvalue weighted by atomic mass is 32.2. The summed E-state index contributed by atoms with van der Waals surface area (Å²) in [5.41, 5.74) is 1.19. The number of amides is 1. The molecule has 3 rings (SSSR count). The summed E-state index contributed by atoms with van der Waals surface area (Å²) in [5.74, 6) is 0.0371. The molecular formula is C16H19N5O2S. The van der Waals surface area contributed by atoms with E-state index < -0.39 is 0 Å². The van der Waals surface area contributed by atoms with Crippen molar-refractivity contribution in [1.29, 1.82) is 0 Å². The summed E-state index contributed by atoms with van der Waals surface area (Å²) in [7, 11) is 0. The Bertz CT molecular complexity index is 740. The second kappa shape index (κ2) is 7.57. The van der Waals surface area contributed by atoms with Gasteiger partial charge in [0.2, 0.25) is 11.1 Å². The molecule has 1 fully saturated rings. The van der Waals surface area contributed by atoms with Crippen molar-refractivity contribution in [2.24, 2.45) is 0 Å². The average molecular weight is 345 g/mol. The highest BCUT2D eigenvalue weighted by Gasteiger charge is 2.22. The quantitative estimate of drug-likeness (QED) is 0.639. The Morgan fingerprint density at radius 2 is 2.12 bits per heavy atom. The molecule has 1 saturated carbocycles. The third-order valence-corrected chi connectivity index (χ3v) is 4.95. The van der Waals surface area contributed by atoms with Gasteiger partial charge in [-0.05, 0) is 42.3 Å². The fourth-order valence-electron chi connectivity index (χ4n) is 2.80. The zero-order chi connectivity index (χ0) is 16.9. The van der Waals surface area contributed by atoms with Crippen molar-refractivity contribution in [3.63, 3.8) is 0 Å². The molecule has 0 atom stereocenters. The lowest BCUT2D eigenvalue weighted by molar-refractivity contribution is -0.113. The number of hydrogen-bond acceptors (Lipinski definition) is 6. The normalized spacial score (nSPS) is 14.7. The van der Waals surface area contributed by atoms with Crippen LogP contribution in [0.2, 0.25) is 0 Å². The van der Waals surface area contributed by atoms with Crippen LogP contribution in [0.25, 0.3) is 0 Å². The molecule has 1 heterocycles. The number of aromatic nitrogens is 4. The first-order valence-corrected chi connectivity index (χ1v) is 8.93. The number of benzene rings is 1. The SMILES string of the molecule is CC(=O)c1cccc(NC(=O)CSc2nnnn2C2CCCC2)c1. The van der Waals surface area contributed by atoms with E-state index in [-0.39, 0.29) is 17.4 Å². The highest BCUT2D eigenvalue weighted by Crippen LogP contribution is 2.31. The van der Waals surface area contributed by atoms with Gasteiger partial charge >= 0.3 is 0 Å². The van der Waals surface area contributed by atoms with Gasteiger partial charge in [-0.1, -0.05) is 36.7 Å². The van der Waals surface area contributed by atoms with Crippen LogP contribution in [0, 0.1) is 0 Å². The Kier molecular flexibility index (Phi) is 5.24. The second-order valence-corrected chi connectivity index (χ2v) is 6.76. The molecule has 0 saturated heterocycles. The molecule has 7 nitrogen and oxygen atoms in total. The number of nitrogens with one attached hydrogen (secondary N) is 1. The van der Waals surface area contributed by atoms with Crippen LogP contribution in [0.4, 0.5) is 5.69 Å². The van der Waals surface area contributed by atoms with E-state index in [0.29, 0.717) is 22.4 Å². The van der Waals surface area contributed by atoms with Crippen molar-refractivity contribution in [1.82, 2.24) is 20.2 Å². The molecule has 126 valence electrons. The molecule has 1 aromatic heterocycles. The van der Waals surface area contributed by atoms with Crippen LogP contribution in [0.1, 0.15) is 49.0 Å². The summed E-state index contributed by atoms with van der Waals surface area (Å²) in [6.45, 7) is 1.50. The van der Waals surface area contributed by atoms with Crippen LogP contribution in [0.15, 0.2) is 29.4 Å². The predicted octanol–water partition coefficient (Wildman–Crippen LogP) is 2.72. The molecule has 1 aromatic carbocycles. The van der Waals surface area contributed by atoms with Gasteiger partial charge < -0.3 is 5.32 Å². The van der Waals surface area contributed by atoms with E-state index in [1.165, 1.54) is 31.5 Å². The van der Waals surface area contributed by atoms with Gasteiger partial charge in [0.25, 0.3) is 0 Å². The van der Waals surface area contributed by atoms with Crippen molar-refractivity contribution < 1.29 is 9.59 Å². The minimum Gasteiger partial charge on any atom is -0.325 e. The summed E-state index contributed by atoms with van der Waals surface area (Å²) >= 11 is 1.33. The molecule has 0 unspecified atom stereocenters. The van der Waals surface area contributed by atoms with Crippen LogP contribution in [0.5, 0.6) is 0 Å².